The number of benzene rings is 1. The second kappa shape index (κ2) is 4.67. The molecule has 1 heterocycles. The molecule has 17 heavy (non-hydrogen) atoms. The summed E-state index contributed by atoms with van der Waals surface area (Å²) >= 11 is 3.43. The molecule has 0 aliphatic rings. The second-order valence-corrected chi connectivity index (χ2v) is 4.16. The summed E-state index contributed by atoms with van der Waals surface area (Å²) < 4.78 is 16.3. The number of nitrogens with zero attached hydrogens (tertiary/aromatic N) is 1. The summed E-state index contributed by atoms with van der Waals surface area (Å²) in [6.07, 6.45) is 0. The van der Waals surface area contributed by atoms with Gasteiger partial charge in [-0.25, -0.2) is 0 Å². The van der Waals surface area contributed by atoms with Crippen molar-refractivity contribution in [3.63, 3.8) is 0 Å². The Morgan fingerprint density at radius 3 is 2.35 bits per heavy atom. The van der Waals surface area contributed by atoms with Crippen molar-refractivity contribution in [2.24, 2.45) is 0 Å². The average Bonchev–Trinajstić information content (AvgIpc) is 2.75. The molecule has 90 valence electrons. The Morgan fingerprint density at radius 2 is 1.82 bits per heavy atom. The van der Waals surface area contributed by atoms with E-state index in [1.807, 2.05) is 0 Å². The monoisotopic (exact) mass is 298 g/mol. The van der Waals surface area contributed by atoms with Crippen LogP contribution in [0.25, 0.3) is 11.3 Å². The van der Waals surface area contributed by atoms with E-state index in [1.165, 1.54) is 0 Å². The van der Waals surface area contributed by atoms with Crippen molar-refractivity contribution in [1.29, 1.82) is 0 Å². The quantitative estimate of drug-likeness (QED) is 0.943. The average molecular weight is 299 g/mol. The fraction of sp³-hybridized carbons (Fsp3) is 0.182. The number of rotatable bonds is 3. The van der Waals surface area contributed by atoms with Gasteiger partial charge in [0.1, 0.15) is 0 Å². The maximum absolute atomic E-state index is 5.52. The fourth-order valence-corrected chi connectivity index (χ4v) is 1.98. The summed E-state index contributed by atoms with van der Waals surface area (Å²) in [7, 11) is 3.15. The van der Waals surface area contributed by atoms with Crippen molar-refractivity contribution in [1.82, 2.24) is 5.16 Å². The third kappa shape index (κ3) is 2.21. The van der Waals surface area contributed by atoms with Crippen molar-refractivity contribution in [2.75, 3.05) is 20.0 Å². The Kier molecular flexibility index (Phi) is 3.23. The molecule has 0 aliphatic carbocycles. The minimum atomic E-state index is 0.335. The molecule has 2 N–H and O–H groups in total. The molecule has 0 fully saturated rings. The van der Waals surface area contributed by atoms with Gasteiger partial charge in [-0.1, -0.05) is 5.16 Å². The molecule has 0 saturated heterocycles. The molecule has 0 spiro atoms. The first-order valence-electron chi connectivity index (χ1n) is 4.79. The summed E-state index contributed by atoms with van der Waals surface area (Å²) in [5.41, 5.74) is 6.31. The Hall–Kier alpha value is -1.69. The van der Waals surface area contributed by atoms with Gasteiger partial charge in [-0.15, -0.1) is 0 Å². The van der Waals surface area contributed by atoms with E-state index < -0.39 is 0 Å². The van der Waals surface area contributed by atoms with Crippen molar-refractivity contribution in [3.05, 3.63) is 22.7 Å². The van der Waals surface area contributed by atoms with E-state index in [1.54, 1.807) is 32.4 Å². The molecule has 0 amide bonds. The standard InChI is InChI=1S/C11H11BrN2O3/c1-15-9-3-6(7(12)4-10(9)16-2)8-5-11(13)14-17-8/h3-5H,1-2H3,(H2,13,14). The number of aromatic nitrogens is 1. The van der Waals surface area contributed by atoms with E-state index in [9.17, 15) is 0 Å². The summed E-state index contributed by atoms with van der Waals surface area (Å²) in [5.74, 6) is 2.15. The van der Waals surface area contributed by atoms with Crippen LogP contribution in [-0.4, -0.2) is 19.4 Å². The van der Waals surface area contributed by atoms with E-state index in [0.29, 0.717) is 23.1 Å². The number of nitrogen functional groups attached to an aromatic ring is 1. The Bertz CT molecular complexity index is 540. The van der Waals surface area contributed by atoms with E-state index in [2.05, 4.69) is 21.1 Å². The highest BCUT2D eigenvalue weighted by Crippen LogP contribution is 2.38. The summed E-state index contributed by atoms with van der Waals surface area (Å²) in [4.78, 5) is 0. The predicted octanol–water partition coefficient (Wildman–Crippen LogP) is 2.70. The lowest BCUT2D eigenvalue weighted by molar-refractivity contribution is 0.354. The smallest absolute Gasteiger partial charge is 0.170 e. The lowest BCUT2D eigenvalue weighted by atomic mass is 10.1. The van der Waals surface area contributed by atoms with Crippen LogP contribution >= 0.6 is 15.9 Å². The largest absolute Gasteiger partial charge is 0.493 e. The van der Waals surface area contributed by atoms with Crippen molar-refractivity contribution in [2.45, 2.75) is 0 Å². The first-order chi connectivity index (χ1) is 8.15. The molecule has 2 aromatic rings. The SMILES string of the molecule is COc1cc(Br)c(-c2cc(N)no2)cc1OC. The molecule has 0 saturated carbocycles. The third-order valence-corrected chi connectivity index (χ3v) is 2.92. The number of nitrogens with two attached hydrogens (primary N) is 1. The molecule has 0 aliphatic heterocycles. The van der Waals surface area contributed by atoms with Gasteiger partial charge in [0.15, 0.2) is 23.1 Å². The Morgan fingerprint density at radius 1 is 1.18 bits per heavy atom. The van der Waals surface area contributed by atoms with E-state index >= 15 is 0 Å². The lowest BCUT2D eigenvalue weighted by Gasteiger charge is -2.10. The normalized spacial score (nSPS) is 10.3. The van der Waals surface area contributed by atoms with Gasteiger partial charge in [0.05, 0.1) is 14.2 Å². The Balaban J connectivity index is 2.55. The first kappa shape index (κ1) is 11.8. The summed E-state index contributed by atoms with van der Waals surface area (Å²) in [6, 6.07) is 5.24. The van der Waals surface area contributed by atoms with Crippen LogP contribution in [-0.2, 0) is 0 Å². The highest BCUT2D eigenvalue weighted by molar-refractivity contribution is 9.10. The maximum atomic E-state index is 5.52. The van der Waals surface area contributed by atoms with E-state index in [0.717, 1.165) is 10.0 Å². The van der Waals surface area contributed by atoms with Crippen LogP contribution in [0, 0.1) is 0 Å². The van der Waals surface area contributed by atoms with Crippen LogP contribution in [0.1, 0.15) is 0 Å². The van der Waals surface area contributed by atoms with Crippen molar-refractivity contribution >= 4 is 21.7 Å². The van der Waals surface area contributed by atoms with Gasteiger partial charge < -0.3 is 19.7 Å². The zero-order valence-electron chi connectivity index (χ0n) is 9.36. The second-order valence-electron chi connectivity index (χ2n) is 3.30. The molecule has 6 heteroatoms. The summed E-state index contributed by atoms with van der Waals surface area (Å²) in [6.45, 7) is 0. The molecule has 0 unspecified atom stereocenters. The highest BCUT2D eigenvalue weighted by Gasteiger charge is 2.14. The van der Waals surface area contributed by atoms with E-state index in [-0.39, 0.29) is 0 Å². The number of halogens is 1. The molecular formula is C11H11BrN2O3. The zero-order valence-corrected chi connectivity index (χ0v) is 10.9. The fourth-order valence-electron chi connectivity index (χ4n) is 1.46. The van der Waals surface area contributed by atoms with E-state index in [4.69, 9.17) is 19.7 Å². The molecule has 1 aromatic carbocycles. The molecular weight excluding hydrogens is 288 g/mol. The first-order valence-corrected chi connectivity index (χ1v) is 5.59. The number of hydrogen-bond acceptors (Lipinski definition) is 5. The van der Waals surface area contributed by atoms with Gasteiger partial charge in [0.2, 0.25) is 0 Å². The molecule has 5 nitrogen and oxygen atoms in total. The maximum Gasteiger partial charge on any atom is 0.170 e. The topological polar surface area (TPSA) is 70.5 Å². The number of methoxy groups -OCH3 is 2. The minimum Gasteiger partial charge on any atom is -0.493 e. The van der Waals surface area contributed by atoms with Crippen molar-refractivity contribution in [3.8, 4) is 22.8 Å². The summed E-state index contributed by atoms with van der Waals surface area (Å²) in [5, 5.41) is 3.64. The number of hydrogen-bond donors (Lipinski definition) is 1. The molecule has 0 radical (unpaired) electrons. The van der Waals surface area contributed by atoms with Crippen molar-refractivity contribution < 1.29 is 14.0 Å². The minimum absolute atomic E-state index is 0.335. The van der Waals surface area contributed by atoms with Crippen LogP contribution in [0.15, 0.2) is 27.2 Å². The molecule has 2 rings (SSSR count). The zero-order chi connectivity index (χ0) is 12.4. The van der Waals surface area contributed by atoms with Crippen LogP contribution < -0.4 is 15.2 Å². The number of anilines is 1. The molecule has 1 aromatic heterocycles. The van der Waals surface area contributed by atoms with Gasteiger partial charge in [0, 0.05) is 16.1 Å². The Labute approximate surface area is 107 Å². The highest BCUT2D eigenvalue weighted by atomic mass is 79.9. The van der Waals surface area contributed by atoms with Gasteiger partial charge >= 0.3 is 0 Å². The van der Waals surface area contributed by atoms with Gasteiger partial charge in [-0.05, 0) is 28.1 Å². The van der Waals surface area contributed by atoms with Crippen LogP contribution in [0.5, 0.6) is 11.5 Å². The molecule has 0 bridgehead atoms. The van der Waals surface area contributed by atoms with Gasteiger partial charge in [0.25, 0.3) is 0 Å². The number of ether oxygens (including phenoxy) is 2. The lowest BCUT2D eigenvalue weighted by Crippen LogP contribution is -1.91. The van der Waals surface area contributed by atoms with Crippen LogP contribution in [0.4, 0.5) is 5.82 Å². The third-order valence-electron chi connectivity index (χ3n) is 2.27. The molecule has 0 atom stereocenters. The van der Waals surface area contributed by atoms with Gasteiger partial charge in [-0.3, -0.25) is 0 Å². The predicted molar refractivity (Wildman–Crippen MR) is 67.2 cm³/mol. The van der Waals surface area contributed by atoms with Crippen LogP contribution in [0.2, 0.25) is 0 Å². The van der Waals surface area contributed by atoms with Gasteiger partial charge in [-0.2, -0.15) is 0 Å². The van der Waals surface area contributed by atoms with Crippen LogP contribution in [0.3, 0.4) is 0 Å².